The van der Waals surface area contributed by atoms with Crippen LogP contribution < -0.4 is 9.47 Å². The van der Waals surface area contributed by atoms with Gasteiger partial charge in [0.1, 0.15) is 67.1 Å². The maximum Gasteiger partial charge on any atom is 0.331 e. The zero-order valence-electron chi connectivity index (χ0n) is 31.3. The van der Waals surface area contributed by atoms with E-state index in [1.165, 1.54) is 50.6 Å². The van der Waals surface area contributed by atoms with Crippen LogP contribution >= 0.6 is 0 Å². The highest BCUT2D eigenvalue weighted by atomic mass is 16.8. The average Bonchev–Trinajstić information content (AvgIpc) is 3.22. The van der Waals surface area contributed by atoms with E-state index in [0.29, 0.717) is 11.1 Å². The first kappa shape index (κ1) is 45.3. The van der Waals surface area contributed by atoms with E-state index in [4.69, 9.17) is 42.6 Å². The van der Waals surface area contributed by atoms with Crippen LogP contribution in [0.15, 0.2) is 42.5 Å². The van der Waals surface area contributed by atoms with E-state index in [-0.39, 0.29) is 36.0 Å². The first-order valence-electron chi connectivity index (χ1n) is 18.2. The molecule has 0 saturated carbocycles. The molecule has 0 spiro atoms. The molecule has 3 heterocycles. The van der Waals surface area contributed by atoms with Crippen molar-refractivity contribution in [1.29, 1.82) is 0 Å². The Bertz CT molecular complexity index is 1660. The Morgan fingerprint density at radius 2 is 1.26 bits per heavy atom. The van der Waals surface area contributed by atoms with Gasteiger partial charge in [0.2, 0.25) is 0 Å². The quantitative estimate of drug-likeness (QED) is 0.0575. The summed E-state index contributed by atoms with van der Waals surface area (Å²) < 4.78 is 50.5. The predicted molar refractivity (Wildman–Crippen MR) is 191 cm³/mol. The Kier molecular flexibility index (Phi) is 16.0. The monoisotopic (exact) mass is 830 g/mol. The normalized spacial score (nSPS) is 35.5. The standard InChI is InChI=1S/C37H50O21/c1-50-20-7-4-17(11-19(20)42)9-10-52-35-31(49)33(32(24(15-40)55-35)56-25(43)8-5-16-3-6-18(41)21(12-16)51-2)57-37-34(29(47)27(45)23(14-39)54-37)58-36-30(48)28(46)26(44)22(13-38)53-36/h3-8,11-12,22-24,26-42,44-49H,9-10,13-15H2,1-2H3/b8-5+/t22-,23-,24-,26-,27-,28+,29+,30-,31-,32-,33-,34-,35-,36+,37+/m1/s1. The fourth-order valence-electron chi connectivity index (χ4n) is 6.60. The number of benzene rings is 2. The van der Waals surface area contributed by atoms with E-state index in [1.807, 2.05) is 0 Å². The summed E-state index contributed by atoms with van der Waals surface area (Å²) in [6.07, 6.45) is -24.1. The summed E-state index contributed by atoms with van der Waals surface area (Å²) >= 11 is 0. The molecule has 11 N–H and O–H groups in total. The second kappa shape index (κ2) is 20.5. The van der Waals surface area contributed by atoms with E-state index in [2.05, 4.69) is 0 Å². The van der Waals surface area contributed by atoms with E-state index in [1.54, 1.807) is 6.07 Å². The topological polar surface area (TPSA) is 323 Å². The molecule has 0 aliphatic carbocycles. The molecular weight excluding hydrogens is 780 g/mol. The van der Waals surface area contributed by atoms with E-state index in [0.717, 1.165) is 6.08 Å². The number of ether oxygens (including phenoxy) is 9. The molecule has 0 radical (unpaired) electrons. The molecule has 0 unspecified atom stereocenters. The molecule has 58 heavy (non-hydrogen) atoms. The largest absolute Gasteiger partial charge is 0.504 e. The summed E-state index contributed by atoms with van der Waals surface area (Å²) in [5, 5.41) is 115. The SMILES string of the molecule is COc1ccc(CCO[C@@H]2O[C@H](CO)[C@@H](OC(=O)/C=C/c3ccc(O)c(OC)c3)[C@H](O[C@@H]3O[C@H](CO)[C@@H](O)[C@H](O)[C@H]3O[C@@H]3O[C@H](CO)[C@@H](O)[C@H](O)[C@H]3O)[C@H]2O)cc1O. The lowest BCUT2D eigenvalue weighted by Crippen LogP contribution is -2.67. The van der Waals surface area contributed by atoms with Crippen molar-refractivity contribution in [3.8, 4) is 23.0 Å². The fraction of sp³-hybridized carbons (Fsp3) is 0.595. The van der Waals surface area contributed by atoms with Gasteiger partial charge in [0.25, 0.3) is 0 Å². The summed E-state index contributed by atoms with van der Waals surface area (Å²) in [5.41, 5.74) is 1.01. The highest BCUT2D eigenvalue weighted by Crippen LogP contribution is 2.35. The molecular formula is C37H50O21. The van der Waals surface area contributed by atoms with Crippen molar-refractivity contribution in [2.45, 2.75) is 98.5 Å². The molecule has 0 aromatic heterocycles. The van der Waals surface area contributed by atoms with Crippen molar-refractivity contribution in [2.24, 2.45) is 0 Å². The van der Waals surface area contributed by atoms with Crippen LogP contribution in [-0.2, 0) is 44.4 Å². The lowest BCUT2D eigenvalue weighted by atomic mass is 9.96. The molecule has 3 aliphatic rings. The van der Waals surface area contributed by atoms with Gasteiger partial charge >= 0.3 is 5.97 Å². The number of carbonyl (C=O) groups is 1. The molecule has 5 rings (SSSR count). The number of hydrogen-bond acceptors (Lipinski definition) is 21. The van der Waals surface area contributed by atoms with Crippen LogP contribution in [0.2, 0.25) is 0 Å². The Morgan fingerprint density at radius 1 is 0.638 bits per heavy atom. The second-order valence-electron chi connectivity index (χ2n) is 13.6. The first-order chi connectivity index (χ1) is 27.7. The highest BCUT2D eigenvalue weighted by molar-refractivity contribution is 5.87. The predicted octanol–water partition coefficient (Wildman–Crippen LogP) is -3.61. The van der Waals surface area contributed by atoms with Crippen LogP contribution in [0, 0.1) is 0 Å². The van der Waals surface area contributed by atoms with E-state index >= 15 is 0 Å². The molecule has 21 nitrogen and oxygen atoms in total. The Morgan fingerprint density at radius 3 is 1.90 bits per heavy atom. The van der Waals surface area contributed by atoms with Gasteiger partial charge in [-0.3, -0.25) is 0 Å². The van der Waals surface area contributed by atoms with Crippen LogP contribution in [0.5, 0.6) is 23.0 Å². The number of aliphatic hydroxyl groups excluding tert-OH is 9. The maximum atomic E-state index is 13.3. The number of phenols is 2. The molecule has 0 amide bonds. The number of esters is 1. The average molecular weight is 831 g/mol. The van der Waals surface area contributed by atoms with Crippen molar-refractivity contribution >= 4 is 12.0 Å². The van der Waals surface area contributed by atoms with Gasteiger partial charge in [-0.2, -0.15) is 0 Å². The molecule has 0 bridgehead atoms. The third-order valence-electron chi connectivity index (χ3n) is 9.83. The van der Waals surface area contributed by atoms with Crippen LogP contribution in [0.25, 0.3) is 6.08 Å². The van der Waals surface area contributed by atoms with Gasteiger partial charge in [0, 0.05) is 6.08 Å². The van der Waals surface area contributed by atoms with Crippen LogP contribution in [0.4, 0.5) is 0 Å². The highest BCUT2D eigenvalue weighted by Gasteiger charge is 2.55. The molecule has 324 valence electrons. The number of phenolic OH excluding ortho intramolecular Hbond substituents is 2. The van der Waals surface area contributed by atoms with Gasteiger partial charge in [-0.1, -0.05) is 12.1 Å². The Balaban J connectivity index is 1.43. The lowest BCUT2D eigenvalue weighted by Gasteiger charge is -2.48. The molecule has 3 saturated heterocycles. The van der Waals surface area contributed by atoms with Gasteiger partial charge in [-0.25, -0.2) is 4.79 Å². The first-order valence-corrected chi connectivity index (χ1v) is 18.2. The molecule has 2 aromatic carbocycles. The van der Waals surface area contributed by atoms with E-state index < -0.39 is 118 Å². The summed E-state index contributed by atoms with van der Waals surface area (Å²) in [6.45, 7) is -2.68. The molecule has 15 atom stereocenters. The Labute approximate surface area is 331 Å². The minimum Gasteiger partial charge on any atom is -0.504 e. The molecule has 3 aliphatic heterocycles. The molecule has 3 fully saturated rings. The van der Waals surface area contributed by atoms with Crippen LogP contribution in [0.1, 0.15) is 11.1 Å². The fourth-order valence-corrected chi connectivity index (χ4v) is 6.60. The van der Waals surface area contributed by atoms with Crippen molar-refractivity contribution in [3.63, 3.8) is 0 Å². The van der Waals surface area contributed by atoms with Crippen LogP contribution in [0.3, 0.4) is 0 Å². The maximum absolute atomic E-state index is 13.3. The number of methoxy groups -OCH3 is 2. The Hall–Kier alpha value is -3.75. The third-order valence-corrected chi connectivity index (χ3v) is 9.83. The second-order valence-corrected chi connectivity index (χ2v) is 13.6. The van der Waals surface area contributed by atoms with Gasteiger partial charge in [-0.05, 0) is 47.9 Å². The van der Waals surface area contributed by atoms with Gasteiger partial charge in [0.05, 0.1) is 40.6 Å². The zero-order valence-corrected chi connectivity index (χ0v) is 31.3. The minimum atomic E-state index is -1.99. The van der Waals surface area contributed by atoms with Gasteiger partial charge < -0.3 is 98.8 Å². The number of hydrogen-bond donors (Lipinski definition) is 11. The summed E-state index contributed by atoms with van der Waals surface area (Å²) in [7, 11) is 2.72. The number of carbonyl (C=O) groups excluding carboxylic acids is 1. The summed E-state index contributed by atoms with van der Waals surface area (Å²) in [5.74, 6) is -0.975. The number of aliphatic hydroxyl groups is 9. The third kappa shape index (κ3) is 10.3. The number of aromatic hydroxyl groups is 2. The van der Waals surface area contributed by atoms with Crippen molar-refractivity contribution < 1.29 is 104 Å². The van der Waals surface area contributed by atoms with E-state index in [9.17, 15) is 61.0 Å². The van der Waals surface area contributed by atoms with Gasteiger partial charge in [-0.15, -0.1) is 0 Å². The molecule has 21 heteroatoms. The minimum absolute atomic E-state index is 0.115. The summed E-state index contributed by atoms with van der Waals surface area (Å²) in [4.78, 5) is 13.3. The number of rotatable bonds is 16. The van der Waals surface area contributed by atoms with Crippen molar-refractivity contribution in [3.05, 3.63) is 53.6 Å². The van der Waals surface area contributed by atoms with Crippen LogP contribution in [-0.4, -0.2) is 195 Å². The zero-order chi connectivity index (χ0) is 42.3. The molecule has 2 aromatic rings. The van der Waals surface area contributed by atoms with Crippen molar-refractivity contribution in [1.82, 2.24) is 0 Å². The summed E-state index contributed by atoms with van der Waals surface area (Å²) in [6, 6.07) is 8.86. The van der Waals surface area contributed by atoms with Gasteiger partial charge in [0.15, 0.2) is 48.0 Å². The lowest BCUT2D eigenvalue weighted by molar-refractivity contribution is -0.389. The smallest absolute Gasteiger partial charge is 0.331 e. The van der Waals surface area contributed by atoms with Crippen molar-refractivity contribution in [2.75, 3.05) is 40.6 Å².